The van der Waals surface area contributed by atoms with Crippen LogP contribution in [0, 0.1) is 11.3 Å². The average molecular weight is 576 g/mol. The van der Waals surface area contributed by atoms with Crippen molar-refractivity contribution in [1.29, 1.82) is 0 Å². The number of rotatable bonds is 5. The molecular formula is C30H34F3N2O6+. The molecule has 2 aliphatic heterocycles. The summed E-state index contributed by atoms with van der Waals surface area (Å²) < 4.78 is 57.2. The number of alkyl halides is 3. The van der Waals surface area contributed by atoms with Gasteiger partial charge in [-0.25, -0.2) is 0 Å². The Morgan fingerprint density at radius 3 is 2.61 bits per heavy atom. The Bertz CT molecular complexity index is 1370. The van der Waals surface area contributed by atoms with Gasteiger partial charge < -0.3 is 29.1 Å². The van der Waals surface area contributed by atoms with E-state index in [2.05, 4.69) is 24.1 Å². The molecule has 3 fully saturated rings. The van der Waals surface area contributed by atoms with Crippen LogP contribution in [0.15, 0.2) is 59.1 Å². The van der Waals surface area contributed by atoms with Gasteiger partial charge in [-0.05, 0) is 30.1 Å². The summed E-state index contributed by atoms with van der Waals surface area (Å²) in [5, 5.41) is 14.4. The van der Waals surface area contributed by atoms with Crippen molar-refractivity contribution in [2.45, 2.75) is 69.4 Å². The number of carbonyl (C=O) groups excluding carboxylic acids is 2. The van der Waals surface area contributed by atoms with Gasteiger partial charge in [-0.2, -0.15) is 0 Å². The van der Waals surface area contributed by atoms with Crippen LogP contribution in [-0.4, -0.2) is 72.4 Å². The van der Waals surface area contributed by atoms with Gasteiger partial charge >= 0.3 is 12.3 Å². The van der Waals surface area contributed by atoms with Crippen molar-refractivity contribution in [2.24, 2.45) is 11.3 Å². The van der Waals surface area contributed by atoms with Crippen LogP contribution in [-0.2, 0) is 23.8 Å². The van der Waals surface area contributed by atoms with Gasteiger partial charge in [-0.15, -0.1) is 13.2 Å². The highest BCUT2D eigenvalue weighted by Gasteiger charge is 2.71. The molecule has 6 atom stereocenters. The smallest absolute Gasteiger partial charge is 0.427 e. The summed E-state index contributed by atoms with van der Waals surface area (Å²) in [5.74, 6) is -2.59. The number of allylic oxidation sites excluding steroid dienone is 1. The molecule has 1 saturated carbocycles. The van der Waals surface area contributed by atoms with E-state index in [0.717, 1.165) is 53.9 Å². The molecular weight excluding hydrogens is 541 g/mol. The first-order valence-corrected chi connectivity index (χ1v) is 13.9. The van der Waals surface area contributed by atoms with Gasteiger partial charge in [0.1, 0.15) is 11.9 Å². The van der Waals surface area contributed by atoms with E-state index in [1.807, 2.05) is 0 Å². The van der Waals surface area contributed by atoms with E-state index in [1.54, 1.807) is 18.2 Å². The van der Waals surface area contributed by atoms with Gasteiger partial charge in [0.2, 0.25) is 0 Å². The molecule has 2 bridgehead atoms. The summed E-state index contributed by atoms with van der Waals surface area (Å²) in [7, 11) is 4.41. The lowest BCUT2D eigenvalue weighted by Crippen LogP contribution is -2.68. The van der Waals surface area contributed by atoms with E-state index in [4.69, 9.17) is 9.47 Å². The van der Waals surface area contributed by atoms with Gasteiger partial charge in [-0.3, -0.25) is 9.59 Å². The minimum atomic E-state index is -5.15. The van der Waals surface area contributed by atoms with E-state index < -0.39 is 41.2 Å². The first kappa shape index (κ1) is 28.0. The zero-order chi connectivity index (χ0) is 29.4. The van der Waals surface area contributed by atoms with Crippen molar-refractivity contribution in [3.05, 3.63) is 64.6 Å². The molecule has 41 heavy (non-hydrogen) atoms. The summed E-state index contributed by atoms with van der Waals surface area (Å²) >= 11 is 0. The number of nitrogens with one attached hydrogen (secondary N) is 1. The number of esters is 1. The van der Waals surface area contributed by atoms with Crippen LogP contribution in [0.1, 0.15) is 44.6 Å². The molecule has 220 valence electrons. The standard InChI is InChI=1S/C30H33F3N2O6/c1-17(36)39-23-16-29(38,34-27(37)22(41-30(31,32)33)14-18-8-5-4-6-9-18)26-25-19(23)15-21-20-10-7-11-24(40-26)28(20,25)12-13-35(21,2)3/h4-6,8-9,14,16,20-21,24,26,38H,7,10-13,15H2,1-3H3/p+1/t20-,21+,24-,26?,28+,29?/m0/s1. The van der Waals surface area contributed by atoms with Crippen molar-refractivity contribution in [3.63, 3.8) is 0 Å². The third-order valence-corrected chi connectivity index (χ3v) is 9.65. The van der Waals surface area contributed by atoms with Crippen LogP contribution in [0.2, 0.25) is 0 Å². The Kier molecular flexibility index (Phi) is 6.44. The predicted molar refractivity (Wildman–Crippen MR) is 140 cm³/mol. The van der Waals surface area contributed by atoms with Gasteiger partial charge in [-0.1, -0.05) is 36.8 Å². The molecule has 11 heteroatoms. The van der Waals surface area contributed by atoms with Crippen molar-refractivity contribution in [3.8, 4) is 0 Å². The number of hydrogen-bond acceptors (Lipinski definition) is 6. The molecule has 6 rings (SSSR count). The van der Waals surface area contributed by atoms with Crippen molar-refractivity contribution in [1.82, 2.24) is 5.32 Å². The lowest BCUT2D eigenvalue weighted by atomic mass is 9.50. The predicted octanol–water partition coefficient (Wildman–Crippen LogP) is 3.93. The fourth-order valence-electron chi connectivity index (χ4n) is 8.08. The second-order valence-electron chi connectivity index (χ2n) is 12.3. The molecule has 3 aliphatic carbocycles. The van der Waals surface area contributed by atoms with Crippen molar-refractivity contribution in [2.75, 3.05) is 20.6 Å². The number of likely N-dealkylation sites (tertiary alicyclic amines) is 1. The summed E-state index contributed by atoms with van der Waals surface area (Å²) in [6.45, 7) is 2.12. The number of benzene rings is 1. The molecule has 2 unspecified atom stereocenters. The normalized spacial score (nSPS) is 35.3. The molecule has 0 aromatic heterocycles. The van der Waals surface area contributed by atoms with Crippen LogP contribution in [0.3, 0.4) is 0 Å². The third-order valence-electron chi connectivity index (χ3n) is 9.65. The highest BCUT2D eigenvalue weighted by atomic mass is 19.4. The molecule has 1 aromatic rings. The Balaban J connectivity index is 1.43. The Hall–Kier alpha value is -3.15. The maximum Gasteiger partial charge on any atom is 0.573 e. The highest BCUT2D eigenvalue weighted by molar-refractivity contribution is 5.96. The van der Waals surface area contributed by atoms with Crippen molar-refractivity contribution >= 4 is 18.0 Å². The number of amides is 1. The van der Waals surface area contributed by atoms with E-state index in [0.29, 0.717) is 12.0 Å². The van der Waals surface area contributed by atoms with E-state index in [-0.39, 0.29) is 23.8 Å². The van der Waals surface area contributed by atoms with Crippen LogP contribution in [0.5, 0.6) is 0 Å². The first-order chi connectivity index (χ1) is 19.2. The molecule has 0 radical (unpaired) electrons. The molecule has 1 amide bonds. The summed E-state index contributed by atoms with van der Waals surface area (Å²) in [5.41, 5.74) is -0.832. The molecule has 2 N–H and O–H groups in total. The first-order valence-electron chi connectivity index (χ1n) is 13.9. The summed E-state index contributed by atoms with van der Waals surface area (Å²) in [6, 6.07) is 8.18. The lowest BCUT2D eigenvalue weighted by Gasteiger charge is -2.60. The largest absolute Gasteiger partial charge is 0.573 e. The number of aliphatic hydroxyl groups is 1. The number of hydrogen-bond donors (Lipinski definition) is 2. The quantitative estimate of drug-likeness (QED) is 0.182. The Morgan fingerprint density at radius 1 is 1.20 bits per heavy atom. The number of halogens is 3. The lowest BCUT2D eigenvalue weighted by molar-refractivity contribution is -0.928. The highest BCUT2D eigenvalue weighted by Crippen LogP contribution is 2.67. The molecule has 1 spiro atoms. The SMILES string of the molecule is CC(=O)OC1=CC(O)(NC(=O)C(=Cc2ccccc2)OC(F)(F)F)C2O[C@H]3CCC[C@H]4[C@H]5CC1=C2[C@@]34CC[N+]5(C)C. The molecule has 8 nitrogen and oxygen atoms in total. The summed E-state index contributed by atoms with van der Waals surface area (Å²) in [4.78, 5) is 25.6. The van der Waals surface area contributed by atoms with Gasteiger partial charge in [0.05, 0.1) is 32.8 Å². The average Bonchev–Trinajstić information content (AvgIpc) is 3.22. The molecule has 1 aromatic carbocycles. The van der Waals surface area contributed by atoms with E-state index >= 15 is 0 Å². The van der Waals surface area contributed by atoms with E-state index in [1.165, 1.54) is 25.1 Å². The number of carbonyl (C=O) groups is 2. The number of ether oxygens (including phenoxy) is 3. The second kappa shape index (κ2) is 9.43. The van der Waals surface area contributed by atoms with Crippen LogP contribution >= 0.6 is 0 Å². The maximum absolute atomic E-state index is 13.4. The van der Waals surface area contributed by atoms with Gasteiger partial charge in [0, 0.05) is 42.7 Å². The zero-order valence-electron chi connectivity index (χ0n) is 23.2. The second-order valence-corrected chi connectivity index (χ2v) is 12.3. The fourth-order valence-corrected chi connectivity index (χ4v) is 8.08. The molecule has 2 heterocycles. The molecule has 5 aliphatic rings. The topological polar surface area (TPSA) is 94.1 Å². The van der Waals surface area contributed by atoms with Gasteiger partial charge in [0.15, 0.2) is 11.5 Å². The Morgan fingerprint density at radius 2 is 1.93 bits per heavy atom. The van der Waals surface area contributed by atoms with Crippen LogP contribution in [0.4, 0.5) is 13.2 Å². The Labute approximate surface area is 236 Å². The minimum Gasteiger partial charge on any atom is -0.427 e. The number of piperidine rings is 1. The van der Waals surface area contributed by atoms with Gasteiger partial charge in [0.25, 0.3) is 5.91 Å². The van der Waals surface area contributed by atoms with Crippen LogP contribution < -0.4 is 5.32 Å². The summed E-state index contributed by atoms with van der Waals surface area (Å²) in [6.07, 6.45) is -0.220. The third kappa shape index (κ3) is 4.58. The minimum absolute atomic E-state index is 0.108. The maximum atomic E-state index is 13.4. The fraction of sp³-hybridized carbons (Fsp3) is 0.533. The van der Waals surface area contributed by atoms with E-state index in [9.17, 15) is 27.9 Å². The number of quaternary nitrogens is 1. The monoisotopic (exact) mass is 575 g/mol. The molecule has 2 saturated heterocycles. The number of nitrogens with zero attached hydrogens (tertiary/aromatic N) is 1. The van der Waals surface area contributed by atoms with Crippen LogP contribution in [0.25, 0.3) is 6.08 Å². The van der Waals surface area contributed by atoms with Crippen molar-refractivity contribution < 1.29 is 46.6 Å². The zero-order valence-corrected chi connectivity index (χ0v) is 23.2.